The molecule has 262 valence electrons. The van der Waals surface area contributed by atoms with Gasteiger partial charge in [0.25, 0.3) is 0 Å². The molecule has 0 aliphatic carbocycles. The highest BCUT2D eigenvalue weighted by Crippen LogP contribution is 2.23. The van der Waals surface area contributed by atoms with Crippen LogP contribution >= 0.6 is 0 Å². The van der Waals surface area contributed by atoms with Crippen LogP contribution in [-0.4, -0.2) is 43.7 Å². The summed E-state index contributed by atoms with van der Waals surface area (Å²) in [5.74, 6) is 0.851. The van der Waals surface area contributed by atoms with E-state index in [-0.39, 0.29) is 5.97 Å². The van der Waals surface area contributed by atoms with E-state index in [1.165, 1.54) is 107 Å². The molecule has 0 unspecified atom stereocenters. The molecule has 0 aliphatic heterocycles. The summed E-state index contributed by atoms with van der Waals surface area (Å²) in [6, 6.07) is 16.9. The minimum absolute atomic E-state index is 0.0909. The average Bonchev–Trinajstić information content (AvgIpc) is 3.09. The third-order valence-electron chi connectivity index (χ3n) is 8.93. The lowest BCUT2D eigenvalue weighted by molar-refractivity contribution is -0.143. The van der Waals surface area contributed by atoms with Gasteiger partial charge in [0.2, 0.25) is 0 Å². The molecule has 0 atom stereocenters. The number of nitrogens with zero attached hydrogens (tertiary/aromatic N) is 1. The van der Waals surface area contributed by atoms with Crippen LogP contribution < -0.4 is 4.74 Å². The first-order valence-corrected chi connectivity index (χ1v) is 19.1. The maximum absolute atomic E-state index is 12.3. The molecule has 0 aliphatic rings. The lowest BCUT2D eigenvalue weighted by atomic mass is 10.0. The normalized spacial score (nSPS) is 11.1. The fraction of sp³-hybridized carbons (Fsp3) is 0.605. The minimum Gasteiger partial charge on any atom is -0.494 e. The summed E-state index contributed by atoms with van der Waals surface area (Å²) >= 11 is 0. The van der Waals surface area contributed by atoms with Crippen molar-refractivity contribution in [2.75, 3.05) is 32.8 Å². The van der Waals surface area contributed by atoms with Gasteiger partial charge in [-0.15, -0.1) is 13.2 Å². The number of carbonyl (C=O) groups is 1. The highest BCUT2D eigenvalue weighted by molar-refractivity contribution is 5.70. The monoisotopic (exact) mass is 646 g/mol. The van der Waals surface area contributed by atoms with E-state index in [2.05, 4.69) is 73.5 Å². The highest BCUT2D eigenvalue weighted by Gasteiger charge is 2.06. The zero-order valence-electron chi connectivity index (χ0n) is 30.0. The van der Waals surface area contributed by atoms with Gasteiger partial charge in [-0.1, -0.05) is 152 Å². The summed E-state index contributed by atoms with van der Waals surface area (Å²) in [5, 5.41) is 0. The Morgan fingerprint density at radius 3 is 1.62 bits per heavy atom. The van der Waals surface area contributed by atoms with Crippen LogP contribution in [0.5, 0.6) is 5.75 Å². The van der Waals surface area contributed by atoms with Gasteiger partial charge >= 0.3 is 5.97 Å². The van der Waals surface area contributed by atoms with Crippen molar-refractivity contribution in [1.29, 1.82) is 0 Å². The van der Waals surface area contributed by atoms with Crippen molar-refractivity contribution in [2.45, 2.75) is 135 Å². The number of ether oxygens (including phenoxy) is 2. The molecule has 0 radical (unpaired) electrons. The summed E-state index contributed by atoms with van der Waals surface area (Å²) in [6.07, 6.45) is 28.1. The van der Waals surface area contributed by atoms with E-state index in [4.69, 9.17) is 9.47 Å². The second kappa shape index (κ2) is 28.2. The molecule has 0 heterocycles. The molecular formula is C43H67NO3. The zero-order valence-corrected chi connectivity index (χ0v) is 30.0. The number of rotatable bonds is 31. The van der Waals surface area contributed by atoms with Crippen molar-refractivity contribution in [2.24, 2.45) is 0 Å². The number of esters is 1. The van der Waals surface area contributed by atoms with Crippen molar-refractivity contribution in [3.63, 3.8) is 0 Å². The molecule has 0 saturated carbocycles. The molecule has 0 fully saturated rings. The minimum atomic E-state index is -0.0909. The number of unbranched alkanes of at least 4 members (excludes halogenated alkanes) is 16. The van der Waals surface area contributed by atoms with Crippen molar-refractivity contribution < 1.29 is 14.3 Å². The Bertz CT molecular complexity index is 1040. The quantitative estimate of drug-likeness (QED) is 0.0465. The van der Waals surface area contributed by atoms with Gasteiger partial charge in [-0.25, -0.2) is 0 Å². The van der Waals surface area contributed by atoms with Crippen LogP contribution in [0.25, 0.3) is 11.1 Å². The van der Waals surface area contributed by atoms with Gasteiger partial charge in [-0.2, -0.15) is 0 Å². The van der Waals surface area contributed by atoms with Gasteiger partial charge in [0, 0.05) is 19.5 Å². The van der Waals surface area contributed by atoms with Crippen LogP contribution in [0.2, 0.25) is 0 Å². The molecule has 2 aromatic carbocycles. The Balaban J connectivity index is 1.46. The van der Waals surface area contributed by atoms with Gasteiger partial charge in [-0.3, -0.25) is 9.69 Å². The van der Waals surface area contributed by atoms with E-state index < -0.39 is 0 Å². The van der Waals surface area contributed by atoms with Crippen molar-refractivity contribution in [3.8, 4) is 16.9 Å². The van der Waals surface area contributed by atoms with E-state index >= 15 is 0 Å². The lowest BCUT2D eigenvalue weighted by Crippen LogP contribution is -2.24. The Morgan fingerprint density at radius 1 is 0.617 bits per heavy atom. The smallest absolute Gasteiger partial charge is 0.306 e. The van der Waals surface area contributed by atoms with E-state index in [1.54, 1.807) is 0 Å². The summed E-state index contributed by atoms with van der Waals surface area (Å²) in [6.45, 7) is 14.3. The predicted molar refractivity (Wildman–Crippen MR) is 202 cm³/mol. The molecule has 0 amide bonds. The standard InChI is InChI=1S/C43H67NO3/c1-4-7-8-9-10-13-16-19-22-37-46-42-31-29-41(30-32-42)40-27-24-39(25-28-40)26-33-43(45)47-38-23-20-17-14-11-12-15-18-21-36-44(34-5-2)35-6-3/h5-6,24-25,27-32H,2-4,7-23,26,33-38H2,1H3. The summed E-state index contributed by atoms with van der Waals surface area (Å²) in [5.41, 5.74) is 3.52. The van der Waals surface area contributed by atoms with Crippen molar-refractivity contribution in [3.05, 3.63) is 79.4 Å². The first-order valence-electron chi connectivity index (χ1n) is 19.1. The van der Waals surface area contributed by atoms with Gasteiger partial charge < -0.3 is 9.47 Å². The second-order valence-corrected chi connectivity index (χ2v) is 13.1. The van der Waals surface area contributed by atoms with Gasteiger partial charge in [-0.05, 0) is 61.1 Å². The summed E-state index contributed by atoms with van der Waals surface area (Å²) < 4.78 is 11.5. The SMILES string of the molecule is C=CCN(CC=C)CCCCCCCCCCCOC(=O)CCc1ccc(-c2ccc(OCCCCCCCCCCC)cc2)cc1. The molecule has 2 aromatic rings. The predicted octanol–water partition coefficient (Wildman–Crippen LogP) is 11.9. The maximum atomic E-state index is 12.3. The van der Waals surface area contributed by atoms with E-state index in [1.807, 2.05) is 12.2 Å². The molecule has 0 saturated heterocycles. The largest absolute Gasteiger partial charge is 0.494 e. The third-order valence-corrected chi connectivity index (χ3v) is 8.93. The zero-order chi connectivity index (χ0) is 33.6. The fourth-order valence-electron chi connectivity index (χ4n) is 6.01. The summed E-state index contributed by atoms with van der Waals surface area (Å²) in [4.78, 5) is 14.6. The molecular weight excluding hydrogens is 578 g/mol. The van der Waals surface area contributed by atoms with Crippen LogP contribution in [-0.2, 0) is 16.0 Å². The van der Waals surface area contributed by atoms with Crippen LogP contribution in [0.4, 0.5) is 0 Å². The molecule has 0 bridgehead atoms. The highest BCUT2D eigenvalue weighted by atomic mass is 16.5. The Kier molecular flexibility index (Phi) is 24.2. The fourth-order valence-corrected chi connectivity index (χ4v) is 6.01. The van der Waals surface area contributed by atoms with Gasteiger partial charge in [0.05, 0.1) is 13.2 Å². The first kappa shape index (κ1) is 40.3. The molecule has 2 rings (SSSR count). The number of aryl methyl sites for hydroxylation is 1. The molecule has 0 aromatic heterocycles. The van der Waals surface area contributed by atoms with Crippen LogP contribution in [0, 0.1) is 0 Å². The number of carbonyl (C=O) groups excluding carboxylic acids is 1. The average molecular weight is 646 g/mol. The Morgan fingerprint density at radius 2 is 1.09 bits per heavy atom. The van der Waals surface area contributed by atoms with E-state index in [0.717, 1.165) is 56.8 Å². The Hall–Kier alpha value is -2.85. The Labute approximate surface area is 289 Å². The topological polar surface area (TPSA) is 38.8 Å². The van der Waals surface area contributed by atoms with E-state index in [9.17, 15) is 4.79 Å². The number of benzene rings is 2. The van der Waals surface area contributed by atoms with Crippen molar-refractivity contribution >= 4 is 5.97 Å². The van der Waals surface area contributed by atoms with Crippen molar-refractivity contribution in [1.82, 2.24) is 4.90 Å². The lowest BCUT2D eigenvalue weighted by Gasteiger charge is -2.18. The van der Waals surface area contributed by atoms with Gasteiger partial charge in [0.1, 0.15) is 5.75 Å². The van der Waals surface area contributed by atoms with Gasteiger partial charge in [0.15, 0.2) is 0 Å². The van der Waals surface area contributed by atoms with Crippen LogP contribution in [0.3, 0.4) is 0 Å². The maximum Gasteiger partial charge on any atom is 0.306 e. The van der Waals surface area contributed by atoms with E-state index in [0.29, 0.717) is 19.4 Å². The summed E-state index contributed by atoms with van der Waals surface area (Å²) in [7, 11) is 0. The second-order valence-electron chi connectivity index (χ2n) is 13.1. The molecule has 4 nitrogen and oxygen atoms in total. The molecule has 47 heavy (non-hydrogen) atoms. The molecule has 0 spiro atoms. The molecule has 0 N–H and O–H groups in total. The number of hydrogen-bond donors (Lipinski definition) is 0. The first-order chi connectivity index (χ1) is 23.2. The van der Waals surface area contributed by atoms with Crippen LogP contribution in [0.15, 0.2) is 73.8 Å². The van der Waals surface area contributed by atoms with Crippen LogP contribution in [0.1, 0.15) is 134 Å². The molecule has 4 heteroatoms. The third kappa shape index (κ3) is 20.9. The number of hydrogen-bond acceptors (Lipinski definition) is 4.